The predicted molar refractivity (Wildman–Crippen MR) is 67.2 cm³/mol. The topological polar surface area (TPSA) is 48.2 Å². The van der Waals surface area contributed by atoms with Crippen molar-refractivity contribution in [2.45, 2.75) is 20.4 Å². The highest BCUT2D eigenvalue weighted by molar-refractivity contribution is 8.13. The number of aliphatic imine (C=N–C) groups is 1. The van der Waals surface area contributed by atoms with Gasteiger partial charge in [0.05, 0.1) is 6.54 Å². The molecule has 0 spiro atoms. The van der Waals surface area contributed by atoms with Crippen LogP contribution >= 0.6 is 23.1 Å². The van der Waals surface area contributed by atoms with Gasteiger partial charge in [0.1, 0.15) is 0 Å². The number of nitriles is 1. The summed E-state index contributed by atoms with van der Waals surface area (Å²) in [4.78, 5) is 6.88. The fraction of sp³-hybridized carbons (Fsp3) is 0.400. The normalized spacial score (nSPS) is 11.2. The lowest BCUT2D eigenvalue weighted by Gasteiger charge is -1.97. The summed E-state index contributed by atoms with van der Waals surface area (Å²) >= 11 is 3.20. The van der Waals surface area contributed by atoms with Crippen molar-refractivity contribution in [3.05, 3.63) is 21.4 Å². The minimum atomic E-state index is 0.643. The summed E-state index contributed by atoms with van der Waals surface area (Å²) in [5, 5.41) is 11.7. The minimum absolute atomic E-state index is 0.643. The molecule has 0 atom stereocenters. The van der Waals surface area contributed by atoms with E-state index in [4.69, 9.17) is 5.26 Å². The van der Waals surface area contributed by atoms with E-state index in [2.05, 4.69) is 30.2 Å². The number of nitrogens with one attached hydrogen (secondary N) is 1. The average molecular weight is 239 g/mol. The number of aryl methyl sites for hydroxylation is 2. The largest absolute Gasteiger partial charge is 0.272 e. The van der Waals surface area contributed by atoms with Gasteiger partial charge in [0, 0.05) is 9.75 Å². The van der Waals surface area contributed by atoms with Crippen LogP contribution in [0.1, 0.15) is 15.3 Å². The number of rotatable bonds is 2. The Morgan fingerprint density at radius 1 is 1.67 bits per heavy atom. The van der Waals surface area contributed by atoms with Gasteiger partial charge in [-0.05, 0) is 31.7 Å². The standard InChI is InChI=1S/C10H13N3S2/c1-7-4-9(15-8(7)2)5-12-10(14-3)13-6-11/h4H,5H2,1-3H3,(H,12,13). The van der Waals surface area contributed by atoms with Crippen molar-refractivity contribution in [3.63, 3.8) is 0 Å². The fourth-order valence-corrected chi connectivity index (χ4v) is 2.40. The summed E-state index contributed by atoms with van der Waals surface area (Å²) in [6.07, 6.45) is 3.77. The van der Waals surface area contributed by atoms with Crippen LogP contribution in [0.15, 0.2) is 11.1 Å². The van der Waals surface area contributed by atoms with E-state index < -0.39 is 0 Å². The number of hydrogen-bond donors (Lipinski definition) is 1. The molecule has 5 heteroatoms. The van der Waals surface area contributed by atoms with E-state index in [-0.39, 0.29) is 0 Å². The molecule has 80 valence electrons. The lowest BCUT2D eigenvalue weighted by Crippen LogP contribution is -2.13. The number of nitrogens with zero attached hydrogens (tertiary/aromatic N) is 2. The first-order valence-corrected chi connectivity index (χ1v) is 6.51. The van der Waals surface area contributed by atoms with Crippen LogP contribution in [0.3, 0.4) is 0 Å². The smallest absolute Gasteiger partial charge is 0.183 e. The molecular formula is C10H13N3S2. The van der Waals surface area contributed by atoms with Crippen LogP contribution in [0.25, 0.3) is 0 Å². The van der Waals surface area contributed by atoms with Gasteiger partial charge in [-0.25, -0.2) is 0 Å². The van der Waals surface area contributed by atoms with Crippen molar-refractivity contribution in [3.8, 4) is 6.19 Å². The lowest BCUT2D eigenvalue weighted by atomic mass is 10.3. The zero-order valence-corrected chi connectivity index (χ0v) is 10.6. The van der Waals surface area contributed by atoms with Gasteiger partial charge in [0.25, 0.3) is 0 Å². The molecule has 0 aliphatic rings. The Hall–Kier alpha value is -0.990. The molecule has 0 aromatic carbocycles. The number of thioether (sulfide) groups is 1. The molecular weight excluding hydrogens is 226 g/mol. The van der Waals surface area contributed by atoms with Crippen molar-refractivity contribution in [2.24, 2.45) is 4.99 Å². The average Bonchev–Trinajstić information content (AvgIpc) is 2.53. The van der Waals surface area contributed by atoms with E-state index >= 15 is 0 Å². The number of amidine groups is 1. The monoisotopic (exact) mass is 239 g/mol. The molecule has 0 aliphatic heterocycles. The molecule has 0 unspecified atom stereocenters. The Labute approximate surface area is 98.2 Å². The Bertz CT molecular complexity index is 382. The van der Waals surface area contributed by atoms with E-state index in [0.717, 1.165) is 0 Å². The van der Waals surface area contributed by atoms with Gasteiger partial charge >= 0.3 is 0 Å². The van der Waals surface area contributed by atoms with E-state index in [1.54, 1.807) is 11.3 Å². The van der Waals surface area contributed by atoms with Gasteiger partial charge in [-0.15, -0.1) is 11.3 Å². The van der Waals surface area contributed by atoms with Gasteiger partial charge in [-0.3, -0.25) is 10.3 Å². The van der Waals surface area contributed by atoms with Crippen molar-refractivity contribution < 1.29 is 0 Å². The molecule has 0 bridgehead atoms. The van der Waals surface area contributed by atoms with Crippen LogP contribution in [0.2, 0.25) is 0 Å². The summed E-state index contributed by atoms with van der Waals surface area (Å²) in [6.45, 7) is 4.85. The zero-order chi connectivity index (χ0) is 11.3. The van der Waals surface area contributed by atoms with Crippen molar-refractivity contribution in [1.29, 1.82) is 5.26 Å². The first-order valence-electron chi connectivity index (χ1n) is 4.46. The van der Waals surface area contributed by atoms with E-state index in [1.165, 1.54) is 27.1 Å². The van der Waals surface area contributed by atoms with Gasteiger partial charge in [0.15, 0.2) is 11.4 Å². The maximum atomic E-state index is 8.46. The SMILES string of the molecule is CSC(=NCc1cc(C)c(C)s1)NC#N. The number of thiophene rings is 1. The first kappa shape index (κ1) is 12.1. The van der Waals surface area contributed by atoms with Crippen LogP contribution in [0.5, 0.6) is 0 Å². The van der Waals surface area contributed by atoms with Gasteiger partial charge in [0.2, 0.25) is 0 Å². The predicted octanol–water partition coefficient (Wildman–Crippen LogP) is 2.65. The molecule has 1 rings (SSSR count). The first-order chi connectivity index (χ1) is 7.17. The van der Waals surface area contributed by atoms with Crippen LogP contribution in [0, 0.1) is 25.3 Å². The summed E-state index contributed by atoms with van der Waals surface area (Å²) in [7, 11) is 0. The maximum absolute atomic E-state index is 8.46. The van der Waals surface area contributed by atoms with Crippen LogP contribution in [-0.4, -0.2) is 11.4 Å². The third kappa shape index (κ3) is 3.57. The molecule has 1 N–H and O–H groups in total. The maximum Gasteiger partial charge on any atom is 0.183 e. The van der Waals surface area contributed by atoms with Gasteiger partial charge in [-0.2, -0.15) is 5.26 Å². The highest BCUT2D eigenvalue weighted by Gasteiger charge is 2.01. The Kier molecular flexibility index (Phi) is 4.66. The molecule has 0 radical (unpaired) electrons. The van der Waals surface area contributed by atoms with Crippen LogP contribution < -0.4 is 5.32 Å². The van der Waals surface area contributed by atoms with E-state index in [1.807, 2.05) is 12.4 Å². The summed E-state index contributed by atoms with van der Waals surface area (Å²) < 4.78 is 0. The summed E-state index contributed by atoms with van der Waals surface area (Å²) in [6, 6.07) is 2.15. The second kappa shape index (κ2) is 5.79. The quantitative estimate of drug-likeness (QED) is 0.373. The van der Waals surface area contributed by atoms with E-state index in [0.29, 0.717) is 11.7 Å². The minimum Gasteiger partial charge on any atom is -0.272 e. The molecule has 0 fully saturated rings. The molecule has 1 aromatic rings. The molecule has 1 aromatic heterocycles. The zero-order valence-electron chi connectivity index (χ0n) is 9.00. The molecule has 15 heavy (non-hydrogen) atoms. The lowest BCUT2D eigenvalue weighted by molar-refractivity contribution is 1.08. The summed E-state index contributed by atoms with van der Waals surface area (Å²) in [5.41, 5.74) is 1.31. The van der Waals surface area contributed by atoms with Crippen LogP contribution in [-0.2, 0) is 6.54 Å². The summed E-state index contributed by atoms with van der Waals surface area (Å²) in [5.74, 6) is 0. The van der Waals surface area contributed by atoms with Crippen LogP contribution in [0.4, 0.5) is 0 Å². The Balaban J connectivity index is 2.66. The molecule has 0 aliphatic carbocycles. The Morgan fingerprint density at radius 2 is 2.40 bits per heavy atom. The number of hydrogen-bond acceptors (Lipinski definition) is 4. The molecule has 1 heterocycles. The fourth-order valence-electron chi connectivity index (χ4n) is 1.08. The van der Waals surface area contributed by atoms with E-state index in [9.17, 15) is 0 Å². The molecule has 3 nitrogen and oxygen atoms in total. The highest BCUT2D eigenvalue weighted by atomic mass is 32.2. The molecule has 0 amide bonds. The third-order valence-corrected chi connectivity index (χ3v) is 3.71. The second-order valence-electron chi connectivity index (χ2n) is 3.01. The molecule has 0 saturated heterocycles. The van der Waals surface area contributed by atoms with Gasteiger partial charge in [-0.1, -0.05) is 11.8 Å². The highest BCUT2D eigenvalue weighted by Crippen LogP contribution is 2.21. The van der Waals surface area contributed by atoms with Crippen molar-refractivity contribution in [1.82, 2.24) is 5.32 Å². The Morgan fingerprint density at radius 3 is 2.87 bits per heavy atom. The van der Waals surface area contributed by atoms with Gasteiger partial charge < -0.3 is 0 Å². The second-order valence-corrected chi connectivity index (χ2v) is 5.15. The van der Waals surface area contributed by atoms with Crippen molar-refractivity contribution >= 4 is 28.3 Å². The third-order valence-electron chi connectivity index (χ3n) is 1.95. The molecule has 0 saturated carbocycles. The van der Waals surface area contributed by atoms with Crippen molar-refractivity contribution in [2.75, 3.05) is 6.26 Å².